The highest BCUT2D eigenvalue weighted by atomic mass is 16.6. The molecule has 0 aromatic rings. The topological polar surface area (TPSA) is 78.9 Å². The fraction of sp³-hybridized carbons (Fsp3) is 0.649. The van der Waals surface area contributed by atoms with Crippen LogP contribution in [-0.2, 0) is 28.6 Å². The molecule has 0 aliphatic rings. The van der Waals surface area contributed by atoms with Crippen LogP contribution in [0.5, 0.6) is 0 Å². The molecule has 0 aliphatic heterocycles. The van der Waals surface area contributed by atoms with E-state index in [-0.39, 0.29) is 37.5 Å². The highest BCUT2D eigenvalue weighted by Crippen LogP contribution is 2.16. The van der Waals surface area contributed by atoms with Gasteiger partial charge in [-0.05, 0) is 141 Å². The van der Waals surface area contributed by atoms with Crippen LogP contribution < -0.4 is 0 Å². The van der Waals surface area contributed by atoms with Crippen molar-refractivity contribution in [1.29, 1.82) is 0 Å². The lowest BCUT2D eigenvalue weighted by Crippen LogP contribution is -2.30. The van der Waals surface area contributed by atoms with Crippen molar-refractivity contribution in [2.45, 2.75) is 309 Å². The molecule has 0 saturated carbocycles. The van der Waals surface area contributed by atoms with E-state index in [1.807, 2.05) is 0 Å². The Kier molecular flexibility index (Phi) is 65.8. The molecule has 0 amide bonds. The minimum Gasteiger partial charge on any atom is -0.462 e. The Labute approximate surface area is 512 Å². The van der Waals surface area contributed by atoms with Crippen LogP contribution in [0.15, 0.2) is 146 Å². The highest BCUT2D eigenvalue weighted by molar-refractivity contribution is 5.71. The fourth-order valence-corrected chi connectivity index (χ4v) is 9.23. The van der Waals surface area contributed by atoms with Crippen LogP contribution >= 0.6 is 0 Å². The molecule has 0 saturated heterocycles. The van der Waals surface area contributed by atoms with Gasteiger partial charge in [-0.25, -0.2) is 0 Å². The van der Waals surface area contributed by atoms with Crippen molar-refractivity contribution in [2.24, 2.45) is 0 Å². The van der Waals surface area contributed by atoms with E-state index in [1.54, 1.807) is 0 Å². The summed E-state index contributed by atoms with van der Waals surface area (Å²) in [4.78, 5) is 38.5. The van der Waals surface area contributed by atoms with E-state index in [4.69, 9.17) is 14.2 Å². The van der Waals surface area contributed by atoms with Gasteiger partial charge in [0.2, 0.25) is 0 Å². The summed E-state index contributed by atoms with van der Waals surface area (Å²) in [5.74, 6) is -0.967. The molecule has 0 fully saturated rings. The van der Waals surface area contributed by atoms with Crippen molar-refractivity contribution in [3.8, 4) is 0 Å². The number of hydrogen-bond acceptors (Lipinski definition) is 6. The van der Waals surface area contributed by atoms with Gasteiger partial charge in [-0.2, -0.15) is 0 Å². The molecule has 83 heavy (non-hydrogen) atoms. The molecular formula is C77H126O6. The maximum atomic E-state index is 12.9. The standard InChI is InChI=1S/C77H126O6/c1-4-7-10-13-16-19-22-25-28-31-34-37-38-41-43-46-49-52-55-58-61-64-67-70-76(79)82-73-74(83-77(80)71-68-65-62-59-56-53-50-47-44-40-36-33-30-27-24-21-18-15-12-9-6-3)72-81-75(78)69-66-63-60-57-54-51-48-45-42-39-35-32-29-26-23-20-17-14-11-8-5-2/h8-9,11-12,17-18,20-21,26-27,29-31,34-36,39-40,45,47-48,50,56,59,74H,4-7,10,13-16,19,22-25,28,32-33,37-38,41-44,46,49,51-55,57-58,60-73H2,1-3H3/b11-8-,12-9-,20-17-,21-18-,29-26-,30-27-,34-31-,39-35-,40-36-,48-45-,50-47-,59-56-. The maximum absolute atomic E-state index is 12.9. The molecule has 0 aromatic heterocycles. The monoisotopic (exact) mass is 1150 g/mol. The lowest BCUT2D eigenvalue weighted by atomic mass is 10.0. The van der Waals surface area contributed by atoms with Crippen molar-refractivity contribution >= 4 is 17.9 Å². The van der Waals surface area contributed by atoms with Crippen molar-refractivity contribution in [3.63, 3.8) is 0 Å². The average molecular weight is 1150 g/mol. The first-order valence-corrected chi connectivity index (χ1v) is 34.3. The predicted octanol–water partition coefficient (Wildman–Crippen LogP) is 23.9. The van der Waals surface area contributed by atoms with Crippen LogP contribution in [-0.4, -0.2) is 37.2 Å². The van der Waals surface area contributed by atoms with Gasteiger partial charge in [-0.1, -0.05) is 289 Å². The Morgan fingerprint density at radius 1 is 0.253 bits per heavy atom. The lowest BCUT2D eigenvalue weighted by Gasteiger charge is -2.18. The first-order chi connectivity index (χ1) is 41.0. The first kappa shape index (κ1) is 78.3. The zero-order chi connectivity index (χ0) is 59.9. The summed E-state index contributed by atoms with van der Waals surface area (Å²) in [6.45, 7) is 6.38. The van der Waals surface area contributed by atoms with Crippen LogP contribution in [0.2, 0.25) is 0 Å². The first-order valence-electron chi connectivity index (χ1n) is 34.3. The zero-order valence-electron chi connectivity index (χ0n) is 53.9. The lowest BCUT2D eigenvalue weighted by molar-refractivity contribution is -0.167. The van der Waals surface area contributed by atoms with E-state index in [0.29, 0.717) is 19.3 Å². The van der Waals surface area contributed by atoms with Crippen molar-refractivity contribution in [1.82, 2.24) is 0 Å². The van der Waals surface area contributed by atoms with Gasteiger partial charge in [0, 0.05) is 19.3 Å². The SMILES string of the molecule is CC/C=C\C/C=C\C/C=C\C/C=C\C/C=C\C/C=C\CCCCC(=O)OC(COC(=O)CCCCCCC/C=C\C/C=C\C/C=C\C/C=C\C/C=C\CC)COC(=O)CCCCCCCCCCCCC/C=C\CCCCCCCCCC. The molecule has 0 N–H and O–H groups in total. The average Bonchev–Trinajstić information content (AvgIpc) is 3.49. The number of esters is 3. The van der Waals surface area contributed by atoms with E-state index >= 15 is 0 Å². The molecule has 0 aliphatic carbocycles. The number of carbonyl (C=O) groups is 3. The quantitative estimate of drug-likeness (QED) is 0.0261. The molecule has 0 rings (SSSR count). The molecule has 1 unspecified atom stereocenters. The summed E-state index contributed by atoms with van der Waals surface area (Å²) in [5.41, 5.74) is 0. The van der Waals surface area contributed by atoms with Crippen molar-refractivity contribution in [2.75, 3.05) is 13.2 Å². The van der Waals surface area contributed by atoms with Crippen LogP contribution in [0.1, 0.15) is 303 Å². The number of unbranched alkanes of at least 4 members (excludes halogenated alkanes) is 26. The molecule has 0 radical (unpaired) electrons. The maximum Gasteiger partial charge on any atom is 0.306 e. The van der Waals surface area contributed by atoms with Crippen molar-refractivity contribution < 1.29 is 28.6 Å². The van der Waals surface area contributed by atoms with Gasteiger partial charge in [-0.3, -0.25) is 14.4 Å². The van der Waals surface area contributed by atoms with Gasteiger partial charge in [0.15, 0.2) is 6.10 Å². The number of carbonyl (C=O) groups excluding carboxylic acids is 3. The van der Waals surface area contributed by atoms with Gasteiger partial charge in [0.1, 0.15) is 13.2 Å². The summed E-state index contributed by atoms with van der Waals surface area (Å²) in [5, 5.41) is 0. The Morgan fingerprint density at radius 3 is 0.771 bits per heavy atom. The normalized spacial score (nSPS) is 13.0. The summed E-state index contributed by atoms with van der Waals surface area (Å²) >= 11 is 0. The fourth-order valence-electron chi connectivity index (χ4n) is 9.23. The van der Waals surface area contributed by atoms with Crippen LogP contribution in [0, 0.1) is 0 Å². The second kappa shape index (κ2) is 69.8. The summed E-state index contributed by atoms with van der Waals surface area (Å²) in [7, 11) is 0. The summed E-state index contributed by atoms with van der Waals surface area (Å²) in [6, 6.07) is 0. The van der Waals surface area contributed by atoms with E-state index in [0.717, 1.165) is 141 Å². The highest BCUT2D eigenvalue weighted by Gasteiger charge is 2.19. The Balaban J connectivity index is 4.50. The van der Waals surface area contributed by atoms with Crippen molar-refractivity contribution in [3.05, 3.63) is 146 Å². The third kappa shape index (κ3) is 68.0. The zero-order valence-corrected chi connectivity index (χ0v) is 53.9. The Hall–Kier alpha value is -4.71. The van der Waals surface area contributed by atoms with Gasteiger partial charge in [0.25, 0.3) is 0 Å². The van der Waals surface area contributed by atoms with Gasteiger partial charge in [0.05, 0.1) is 0 Å². The molecule has 1 atom stereocenters. The number of hydrogen-bond donors (Lipinski definition) is 0. The molecule has 470 valence electrons. The van der Waals surface area contributed by atoms with Crippen LogP contribution in [0.25, 0.3) is 0 Å². The van der Waals surface area contributed by atoms with Gasteiger partial charge in [-0.15, -0.1) is 0 Å². The summed E-state index contributed by atoms with van der Waals surface area (Å²) < 4.78 is 16.9. The minimum absolute atomic E-state index is 0.107. The second-order valence-electron chi connectivity index (χ2n) is 22.3. The van der Waals surface area contributed by atoms with E-state index in [1.165, 1.54) is 116 Å². The van der Waals surface area contributed by atoms with Crippen LogP contribution in [0.4, 0.5) is 0 Å². The Bertz CT molecular complexity index is 1800. The minimum atomic E-state index is -0.819. The molecule has 0 spiro atoms. The smallest absolute Gasteiger partial charge is 0.306 e. The molecule has 6 heteroatoms. The number of ether oxygens (including phenoxy) is 3. The second-order valence-corrected chi connectivity index (χ2v) is 22.3. The summed E-state index contributed by atoms with van der Waals surface area (Å²) in [6.07, 6.45) is 100. The molecule has 6 nitrogen and oxygen atoms in total. The Morgan fingerprint density at radius 2 is 0.470 bits per heavy atom. The third-order valence-corrected chi connectivity index (χ3v) is 14.3. The molecule has 0 aromatic carbocycles. The van der Waals surface area contributed by atoms with Gasteiger partial charge < -0.3 is 14.2 Å². The van der Waals surface area contributed by atoms with Gasteiger partial charge >= 0.3 is 17.9 Å². The molecular weight excluding hydrogens is 1020 g/mol. The largest absolute Gasteiger partial charge is 0.462 e. The van der Waals surface area contributed by atoms with E-state index < -0.39 is 6.10 Å². The van der Waals surface area contributed by atoms with E-state index in [2.05, 4.69) is 167 Å². The molecule has 0 heterocycles. The molecule has 0 bridgehead atoms. The number of rotatable bonds is 61. The van der Waals surface area contributed by atoms with E-state index in [9.17, 15) is 14.4 Å². The third-order valence-electron chi connectivity index (χ3n) is 14.3. The number of allylic oxidation sites excluding steroid dienone is 24. The predicted molar refractivity (Wildman–Crippen MR) is 362 cm³/mol. The van der Waals surface area contributed by atoms with Crippen LogP contribution in [0.3, 0.4) is 0 Å².